The molecule has 3 nitrogen and oxygen atoms in total. The molecule has 1 aliphatic heterocycles. The van der Waals surface area contributed by atoms with E-state index >= 15 is 0 Å². The van der Waals surface area contributed by atoms with Crippen LogP contribution in [-0.4, -0.2) is 33.8 Å². The molecule has 1 aromatic carbocycles. The number of hydrogen-bond donors (Lipinski definition) is 1. The van der Waals surface area contributed by atoms with Crippen LogP contribution in [0.5, 0.6) is 0 Å². The molecule has 0 saturated carbocycles. The molecule has 1 aliphatic rings. The summed E-state index contributed by atoms with van der Waals surface area (Å²) in [6.45, 7) is 3.68. The van der Waals surface area contributed by atoms with Crippen molar-refractivity contribution < 1.29 is 5.11 Å². The van der Waals surface area contributed by atoms with Gasteiger partial charge >= 0.3 is 0 Å². The van der Waals surface area contributed by atoms with Crippen molar-refractivity contribution in [2.45, 2.75) is 25.6 Å². The van der Waals surface area contributed by atoms with Crippen molar-refractivity contribution in [1.29, 1.82) is 0 Å². The monoisotopic (exact) mass is 256 g/mol. The summed E-state index contributed by atoms with van der Waals surface area (Å²) >= 11 is 0. The second kappa shape index (κ2) is 5.59. The number of aromatic nitrogens is 1. The van der Waals surface area contributed by atoms with Gasteiger partial charge < -0.3 is 9.67 Å². The highest BCUT2D eigenvalue weighted by molar-refractivity contribution is 5.17. The van der Waals surface area contributed by atoms with E-state index < -0.39 is 0 Å². The van der Waals surface area contributed by atoms with Crippen molar-refractivity contribution in [2.75, 3.05) is 13.1 Å². The lowest BCUT2D eigenvalue weighted by molar-refractivity contribution is 0.175. The van der Waals surface area contributed by atoms with E-state index in [1.165, 1.54) is 11.1 Å². The highest BCUT2D eigenvalue weighted by atomic mass is 16.3. The van der Waals surface area contributed by atoms with Gasteiger partial charge in [0.15, 0.2) is 0 Å². The lowest BCUT2D eigenvalue weighted by Gasteiger charge is -2.13. The largest absolute Gasteiger partial charge is 0.392 e. The van der Waals surface area contributed by atoms with Crippen LogP contribution >= 0.6 is 0 Å². The Kier molecular flexibility index (Phi) is 3.67. The van der Waals surface area contributed by atoms with E-state index in [1.807, 2.05) is 6.07 Å². The van der Waals surface area contributed by atoms with Gasteiger partial charge in [0.2, 0.25) is 0 Å². The van der Waals surface area contributed by atoms with Crippen LogP contribution in [0.1, 0.15) is 17.5 Å². The molecule has 1 aromatic heterocycles. The molecule has 0 radical (unpaired) electrons. The summed E-state index contributed by atoms with van der Waals surface area (Å²) < 4.78 is 2.22. The Hall–Kier alpha value is -1.58. The maximum atomic E-state index is 9.53. The van der Waals surface area contributed by atoms with Gasteiger partial charge in [0.05, 0.1) is 6.10 Å². The van der Waals surface area contributed by atoms with Crippen molar-refractivity contribution in [3.63, 3.8) is 0 Å². The SMILES string of the molecule is O[C@@H]1CCN(Cc2ccn(Cc3ccccc3)c2)C1. The second-order valence-corrected chi connectivity index (χ2v) is 5.36. The van der Waals surface area contributed by atoms with Crippen molar-refractivity contribution in [1.82, 2.24) is 9.47 Å². The molecule has 2 heterocycles. The summed E-state index contributed by atoms with van der Waals surface area (Å²) in [4.78, 5) is 2.31. The molecule has 1 saturated heterocycles. The Morgan fingerprint density at radius 1 is 1.05 bits per heavy atom. The average Bonchev–Trinajstić information content (AvgIpc) is 3.01. The molecule has 0 unspecified atom stereocenters. The third-order valence-electron chi connectivity index (χ3n) is 3.67. The summed E-state index contributed by atoms with van der Waals surface area (Å²) in [5.41, 5.74) is 2.64. The zero-order valence-corrected chi connectivity index (χ0v) is 11.1. The molecule has 1 fully saturated rings. The Morgan fingerprint density at radius 3 is 2.63 bits per heavy atom. The van der Waals surface area contributed by atoms with Crippen LogP contribution in [0.15, 0.2) is 48.8 Å². The smallest absolute Gasteiger partial charge is 0.0679 e. The quantitative estimate of drug-likeness (QED) is 0.907. The van der Waals surface area contributed by atoms with E-state index in [2.05, 4.69) is 52.2 Å². The average molecular weight is 256 g/mol. The zero-order chi connectivity index (χ0) is 13.1. The van der Waals surface area contributed by atoms with Gasteiger partial charge in [0.25, 0.3) is 0 Å². The molecule has 19 heavy (non-hydrogen) atoms. The van der Waals surface area contributed by atoms with Crippen molar-refractivity contribution in [2.24, 2.45) is 0 Å². The highest BCUT2D eigenvalue weighted by Crippen LogP contribution is 2.14. The minimum Gasteiger partial charge on any atom is -0.392 e. The minimum absolute atomic E-state index is 0.133. The number of nitrogens with zero attached hydrogens (tertiary/aromatic N) is 2. The van der Waals surface area contributed by atoms with Gasteiger partial charge in [-0.1, -0.05) is 30.3 Å². The van der Waals surface area contributed by atoms with E-state index in [4.69, 9.17) is 0 Å². The van der Waals surface area contributed by atoms with Crippen LogP contribution in [0.3, 0.4) is 0 Å². The first-order chi connectivity index (χ1) is 9.29. The summed E-state index contributed by atoms with van der Waals surface area (Å²) in [6, 6.07) is 12.7. The van der Waals surface area contributed by atoms with Gasteiger partial charge in [-0.3, -0.25) is 4.90 Å². The Balaban J connectivity index is 1.60. The summed E-state index contributed by atoms with van der Waals surface area (Å²) in [5.74, 6) is 0. The van der Waals surface area contributed by atoms with Crippen molar-refractivity contribution in [3.8, 4) is 0 Å². The lowest BCUT2D eigenvalue weighted by atomic mass is 10.2. The number of benzene rings is 1. The number of β-amino-alcohol motifs (C(OH)–C–C–N with tert-alkyl or cyclic N) is 1. The molecule has 0 amide bonds. The van der Waals surface area contributed by atoms with E-state index in [-0.39, 0.29) is 6.10 Å². The first-order valence-electron chi connectivity index (χ1n) is 6.88. The van der Waals surface area contributed by atoms with Gasteiger partial charge in [-0.15, -0.1) is 0 Å². The maximum Gasteiger partial charge on any atom is 0.0679 e. The number of likely N-dealkylation sites (tertiary alicyclic amines) is 1. The molecule has 2 aromatic rings. The predicted octanol–water partition coefficient (Wildman–Crippen LogP) is 2.10. The second-order valence-electron chi connectivity index (χ2n) is 5.36. The molecule has 1 atom stereocenters. The fourth-order valence-electron chi connectivity index (χ4n) is 2.69. The normalized spacial score (nSPS) is 19.9. The Labute approximate surface area is 114 Å². The fourth-order valence-corrected chi connectivity index (χ4v) is 2.69. The van der Waals surface area contributed by atoms with Crippen molar-refractivity contribution in [3.05, 3.63) is 59.9 Å². The van der Waals surface area contributed by atoms with Gasteiger partial charge in [-0.25, -0.2) is 0 Å². The predicted molar refractivity (Wildman–Crippen MR) is 75.9 cm³/mol. The number of aliphatic hydroxyl groups is 1. The molecule has 0 spiro atoms. The standard InChI is InChI=1S/C16H20N2O/c19-16-7-9-18(13-16)12-15-6-8-17(11-15)10-14-4-2-1-3-5-14/h1-6,8,11,16,19H,7,9-10,12-13H2/t16-/m1/s1. The molecule has 1 N–H and O–H groups in total. The van der Waals surface area contributed by atoms with E-state index in [1.54, 1.807) is 0 Å². The molecule has 3 rings (SSSR count). The maximum absolute atomic E-state index is 9.53. The van der Waals surface area contributed by atoms with Crippen LogP contribution in [0.2, 0.25) is 0 Å². The van der Waals surface area contributed by atoms with Crippen LogP contribution in [-0.2, 0) is 13.1 Å². The summed E-state index contributed by atoms with van der Waals surface area (Å²) in [7, 11) is 0. The van der Waals surface area contributed by atoms with Gasteiger partial charge in [0, 0.05) is 38.6 Å². The zero-order valence-electron chi connectivity index (χ0n) is 11.1. The molecule has 0 bridgehead atoms. The summed E-state index contributed by atoms with van der Waals surface area (Å²) in [6.07, 6.45) is 5.11. The van der Waals surface area contributed by atoms with E-state index in [0.717, 1.165) is 32.6 Å². The van der Waals surface area contributed by atoms with Gasteiger partial charge in [-0.2, -0.15) is 0 Å². The molecule has 100 valence electrons. The highest BCUT2D eigenvalue weighted by Gasteiger charge is 2.20. The molecule has 0 aliphatic carbocycles. The molecular weight excluding hydrogens is 236 g/mol. The third-order valence-corrected chi connectivity index (χ3v) is 3.67. The topological polar surface area (TPSA) is 28.4 Å². The number of aliphatic hydroxyl groups excluding tert-OH is 1. The first kappa shape index (κ1) is 12.5. The fraction of sp³-hybridized carbons (Fsp3) is 0.375. The lowest BCUT2D eigenvalue weighted by Crippen LogP contribution is -2.21. The van der Waals surface area contributed by atoms with Gasteiger partial charge in [0.1, 0.15) is 0 Å². The first-order valence-corrected chi connectivity index (χ1v) is 6.88. The van der Waals surface area contributed by atoms with Crippen LogP contribution < -0.4 is 0 Å². The Bertz CT molecular complexity index is 521. The number of rotatable bonds is 4. The number of hydrogen-bond acceptors (Lipinski definition) is 2. The third kappa shape index (κ3) is 3.25. The van der Waals surface area contributed by atoms with Crippen molar-refractivity contribution >= 4 is 0 Å². The van der Waals surface area contributed by atoms with Gasteiger partial charge in [-0.05, 0) is 23.6 Å². The Morgan fingerprint density at radius 2 is 1.89 bits per heavy atom. The molecule has 3 heteroatoms. The van der Waals surface area contributed by atoms with Crippen LogP contribution in [0, 0.1) is 0 Å². The minimum atomic E-state index is -0.133. The van der Waals surface area contributed by atoms with E-state index in [0.29, 0.717) is 0 Å². The van der Waals surface area contributed by atoms with Crippen LogP contribution in [0.4, 0.5) is 0 Å². The molecular formula is C16H20N2O. The summed E-state index contributed by atoms with van der Waals surface area (Å²) in [5, 5.41) is 9.53. The van der Waals surface area contributed by atoms with Crippen LogP contribution in [0.25, 0.3) is 0 Å². The van der Waals surface area contributed by atoms with E-state index in [9.17, 15) is 5.11 Å².